The van der Waals surface area contributed by atoms with E-state index in [1.165, 1.54) is 22.5 Å². The summed E-state index contributed by atoms with van der Waals surface area (Å²) in [4.78, 5) is 23.2. The minimum Gasteiger partial charge on any atom is -0.341 e. The van der Waals surface area contributed by atoms with Crippen molar-refractivity contribution in [1.29, 1.82) is 0 Å². The summed E-state index contributed by atoms with van der Waals surface area (Å²) in [7, 11) is -3.65. The number of carbonyl (C=O) groups is 1. The number of benzene rings is 1. The summed E-state index contributed by atoms with van der Waals surface area (Å²) in [5.74, 6) is 0.684. The van der Waals surface area contributed by atoms with Crippen LogP contribution in [0.3, 0.4) is 0 Å². The fraction of sp³-hybridized carbons (Fsp3) is 0.450. The van der Waals surface area contributed by atoms with E-state index in [1.54, 1.807) is 32.3 Å². The molecule has 0 unspecified atom stereocenters. The molecule has 9 nitrogen and oxygen atoms in total. The lowest BCUT2D eigenvalue weighted by atomic mass is 10.1. The third-order valence-electron chi connectivity index (χ3n) is 5.19. The van der Waals surface area contributed by atoms with Crippen molar-refractivity contribution in [3.63, 3.8) is 0 Å². The molecule has 0 aliphatic carbocycles. The van der Waals surface area contributed by atoms with E-state index in [1.807, 2.05) is 0 Å². The molecule has 1 aromatic heterocycles. The molecule has 11 heteroatoms. The summed E-state index contributed by atoms with van der Waals surface area (Å²) in [5.41, 5.74) is 0.252. The topological polar surface area (TPSA) is 108 Å². The first-order valence-electron chi connectivity index (χ1n) is 10.2. The number of piperidine rings is 1. The molecule has 1 aliphatic rings. The van der Waals surface area contributed by atoms with Crippen LogP contribution in [0.4, 0.5) is 16.4 Å². The molecule has 1 aliphatic heterocycles. The summed E-state index contributed by atoms with van der Waals surface area (Å²) in [5, 5.41) is 5.89. The number of rotatable bonds is 7. The summed E-state index contributed by atoms with van der Waals surface area (Å²) in [6.45, 7) is 5.73. The Hall–Kier alpha value is -2.43. The molecule has 168 valence electrons. The van der Waals surface area contributed by atoms with Gasteiger partial charge in [0.25, 0.3) is 0 Å². The molecule has 0 radical (unpaired) electrons. The second-order valence-corrected chi connectivity index (χ2v) is 9.48. The Morgan fingerprint density at radius 2 is 1.84 bits per heavy atom. The molecule has 0 atom stereocenters. The van der Waals surface area contributed by atoms with Gasteiger partial charge < -0.3 is 15.5 Å². The highest BCUT2D eigenvalue weighted by Gasteiger charge is 2.24. The number of halogens is 1. The first-order chi connectivity index (χ1) is 14.8. The minimum atomic E-state index is -3.65. The Morgan fingerprint density at radius 3 is 2.45 bits per heavy atom. The molecule has 2 amide bonds. The summed E-state index contributed by atoms with van der Waals surface area (Å²) in [6.07, 6.45) is 4.91. The molecule has 1 saturated heterocycles. The largest absolute Gasteiger partial charge is 0.341 e. The number of carbonyl (C=O) groups excluding carboxylic acids is 1. The van der Waals surface area contributed by atoms with Crippen LogP contribution in [0.2, 0.25) is 5.02 Å². The van der Waals surface area contributed by atoms with Gasteiger partial charge in [-0.15, -0.1) is 0 Å². The lowest BCUT2D eigenvalue weighted by molar-refractivity contribution is 0.246. The maximum absolute atomic E-state index is 12.7. The van der Waals surface area contributed by atoms with Crippen LogP contribution < -0.4 is 15.5 Å². The zero-order valence-corrected chi connectivity index (χ0v) is 19.2. The van der Waals surface area contributed by atoms with Gasteiger partial charge in [-0.3, -0.25) is 0 Å². The molecule has 2 aromatic rings. The van der Waals surface area contributed by atoms with Crippen molar-refractivity contribution in [3.8, 4) is 0 Å². The average Bonchev–Trinajstić information content (AvgIpc) is 2.77. The predicted molar refractivity (Wildman–Crippen MR) is 121 cm³/mol. The van der Waals surface area contributed by atoms with Gasteiger partial charge in [0.2, 0.25) is 16.0 Å². The fourth-order valence-electron chi connectivity index (χ4n) is 3.50. The Labute approximate surface area is 187 Å². The van der Waals surface area contributed by atoms with Crippen molar-refractivity contribution in [1.82, 2.24) is 19.6 Å². The summed E-state index contributed by atoms with van der Waals surface area (Å²) >= 11 is 6.20. The van der Waals surface area contributed by atoms with E-state index < -0.39 is 16.1 Å². The molecule has 31 heavy (non-hydrogen) atoms. The van der Waals surface area contributed by atoms with Crippen molar-refractivity contribution in [2.75, 3.05) is 36.4 Å². The predicted octanol–water partition coefficient (Wildman–Crippen LogP) is 2.95. The van der Waals surface area contributed by atoms with Gasteiger partial charge in [0.1, 0.15) is 0 Å². The summed E-state index contributed by atoms with van der Waals surface area (Å²) in [6, 6.07) is 5.65. The number of sulfonamides is 1. The Kier molecular flexibility index (Phi) is 7.69. The molecule has 3 rings (SSSR count). The highest BCUT2D eigenvalue weighted by Crippen LogP contribution is 2.27. The van der Waals surface area contributed by atoms with Gasteiger partial charge in [0.05, 0.1) is 15.6 Å². The zero-order valence-electron chi connectivity index (χ0n) is 17.6. The highest BCUT2D eigenvalue weighted by atomic mass is 35.5. The van der Waals surface area contributed by atoms with E-state index in [0.29, 0.717) is 19.0 Å². The number of aromatic nitrogens is 2. The Bertz CT molecular complexity index is 993. The number of anilines is 2. The lowest BCUT2D eigenvalue weighted by Gasteiger charge is -2.32. The van der Waals surface area contributed by atoms with Crippen molar-refractivity contribution < 1.29 is 13.2 Å². The van der Waals surface area contributed by atoms with Gasteiger partial charge >= 0.3 is 6.03 Å². The van der Waals surface area contributed by atoms with Crippen LogP contribution in [0.15, 0.2) is 41.6 Å². The molecule has 2 heterocycles. The SMILES string of the molecule is CCN(CC)S(=O)(=O)c1ccc(Cl)c(NC(=O)NC2CCN(c3ncccn3)CC2)c1. The number of nitrogens with zero attached hydrogens (tertiary/aromatic N) is 4. The van der Waals surface area contributed by atoms with E-state index >= 15 is 0 Å². The zero-order chi connectivity index (χ0) is 22.4. The van der Waals surface area contributed by atoms with E-state index in [2.05, 4.69) is 25.5 Å². The van der Waals surface area contributed by atoms with Gasteiger partial charge in [-0.05, 0) is 37.1 Å². The van der Waals surface area contributed by atoms with E-state index in [0.717, 1.165) is 25.9 Å². The average molecular weight is 467 g/mol. The molecule has 0 bridgehead atoms. The second-order valence-electron chi connectivity index (χ2n) is 7.14. The van der Waals surface area contributed by atoms with Crippen molar-refractivity contribution in [2.24, 2.45) is 0 Å². The number of amides is 2. The lowest BCUT2D eigenvalue weighted by Crippen LogP contribution is -2.46. The monoisotopic (exact) mass is 466 g/mol. The molecule has 0 spiro atoms. The maximum Gasteiger partial charge on any atom is 0.319 e. The van der Waals surface area contributed by atoms with Crippen LogP contribution in [0.5, 0.6) is 0 Å². The van der Waals surface area contributed by atoms with Crippen LogP contribution in [0.1, 0.15) is 26.7 Å². The quantitative estimate of drug-likeness (QED) is 0.649. The van der Waals surface area contributed by atoms with Crippen molar-refractivity contribution in [2.45, 2.75) is 37.6 Å². The summed E-state index contributed by atoms with van der Waals surface area (Å²) < 4.78 is 26.8. The number of urea groups is 1. The second kappa shape index (κ2) is 10.3. The van der Waals surface area contributed by atoms with Crippen LogP contribution in [-0.2, 0) is 10.0 Å². The minimum absolute atomic E-state index is 0.0127. The highest BCUT2D eigenvalue weighted by molar-refractivity contribution is 7.89. The van der Waals surface area contributed by atoms with Crippen LogP contribution in [-0.4, -0.2) is 60.9 Å². The fourth-order valence-corrected chi connectivity index (χ4v) is 5.14. The number of hydrogen-bond donors (Lipinski definition) is 2. The van der Waals surface area contributed by atoms with Crippen molar-refractivity contribution in [3.05, 3.63) is 41.7 Å². The smallest absolute Gasteiger partial charge is 0.319 e. The third kappa shape index (κ3) is 5.63. The van der Waals surface area contributed by atoms with Crippen LogP contribution in [0, 0.1) is 0 Å². The first kappa shape index (κ1) is 23.2. The van der Waals surface area contributed by atoms with E-state index in [-0.39, 0.29) is 21.6 Å². The normalized spacial score (nSPS) is 15.2. The molecule has 1 fully saturated rings. The number of nitrogens with one attached hydrogen (secondary N) is 2. The molecule has 0 saturated carbocycles. The van der Waals surface area contributed by atoms with E-state index in [9.17, 15) is 13.2 Å². The molecular formula is C20H27ClN6O3S. The van der Waals surface area contributed by atoms with Crippen molar-refractivity contribution >= 4 is 39.3 Å². The third-order valence-corrected chi connectivity index (χ3v) is 7.57. The maximum atomic E-state index is 12.7. The molecule has 2 N–H and O–H groups in total. The van der Waals surface area contributed by atoms with Crippen LogP contribution >= 0.6 is 11.6 Å². The van der Waals surface area contributed by atoms with Gasteiger partial charge in [-0.2, -0.15) is 4.31 Å². The van der Waals surface area contributed by atoms with Gasteiger partial charge in [-0.25, -0.2) is 23.2 Å². The molecular weight excluding hydrogens is 440 g/mol. The number of hydrogen-bond acceptors (Lipinski definition) is 6. The standard InChI is InChI=1S/C20H27ClN6O3S/c1-3-27(4-2)31(29,30)16-6-7-17(21)18(14-16)25-20(28)24-15-8-12-26(13-9-15)19-22-10-5-11-23-19/h5-7,10-11,14-15H,3-4,8-9,12-13H2,1-2H3,(H2,24,25,28). The Balaban J connectivity index is 1.61. The Morgan fingerprint density at radius 1 is 1.19 bits per heavy atom. The van der Waals surface area contributed by atoms with Gasteiger partial charge in [0, 0.05) is 44.6 Å². The first-order valence-corrected chi connectivity index (χ1v) is 12.1. The molecule has 1 aromatic carbocycles. The van der Waals surface area contributed by atoms with Gasteiger partial charge in [0.15, 0.2) is 0 Å². The van der Waals surface area contributed by atoms with Crippen LogP contribution in [0.25, 0.3) is 0 Å². The van der Waals surface area contributed by atoms with E-state index in [4.69, 9.17) is 11.6 Å². The van der Waals surface area contributed by atoms with Gasteiger partial charge in [-0.1, -0.05) is 25.4 Å².